The Balaban J connectivity index is 1.54. The Morgan fingerprint density at radius 3 is 2.72 bits per heavy atom. The predicted octanol–water partition coefficient (Wildman–Crippen LogP) is 4.20. The second-order valence-corrected chi connectivity index (χ2v) is 7.46. The smallest absolute Gasteiger partial charge is 0.262 e. The van der Waals surface area contributed by atoms with E-state index in [4.69, 9.17) is 9.47 Å². The lowest BCUT2D eigenvalue weighted by Crippen LogP contribution is -2.21. The number of pyridine rings is 1. The maximum Gasteiger partial charge on any atom is 0.262 e. The summed E-state index contributed by atoms with van der Waals surface area (Å²) in [6.45, 7) is 0.769. The molecule has 0 saturated heterocycles. The van der Waals surface area contributed by atoms with Crippen LogP contribution in [0.1, 0.15) is 16.7 Å². The molecule has 0 bridgehead atoms. The van der Waals surface area contributed by atoms with Crippen molar-refractivity contribution in [3.63, 3.8) is 0 Å². The standard InChI is InChI=1S/C25H22N4O3/c1-31-19-10-9-17(21(15-19)32-2)7-8-18-11-13-26-23-22(18)24(30)28-25(27-23)29-14-12-16-5-3-4-6-20(16)29/h3-11,13,15H,12,14H2,1-2H3,(H,26,27,28,30)/b8-7+. The van der Waals surface area contributed by atoms with Gasteiger partial charge in [-0.3, -0.25) is 9.78 Å². The molecule has 1 aliphatic heterocycles. The lowest BCUT2D eigenvalue weighted by Gasteiger charge is -2.17. The average molecular weight is 426 g/mol. The molecule has 0 fully saturated rings. The lowest BCUT2D eigenvalue weighted by molar-refractivity contribution is 0.394. The molecule has 1 aliphatic rings. The summed E-state index contributed by atoms with van der Waals surface area (Å²) in [6, 6.07) is 15.5. The van der Waals surface area contributed by atoms with Crippen molar-refractivity contribution in [1.29, 1.82) is 0 Å². The van der Waals surface area contributed by atoms with E-state index >= 15 is 0 Å². The molecule has 0 radical (unpaired) electrons. The highest BCUT2D eigenvalue weighted by atomic mass is 16.5. The molecular formula is C25H22N4O3. The molecule has 0 atom stereocenters. The fraction of sp³-hybridized carbons (Fsp3) is 0.160. The number of rotatable bonds is 5. The highest BCUT2D eigenvalue weighted by molar-refractivity contribution is 5.89. The van der Waals surface area contributed by atoms with Gasteiger partial charge in [-0.2, -0.15) is 4.98 Å². The molecule has 2 aromatic carbocycles. The first-order chi connectivity index (χ1) is 15.7. The normalized spacial score (nSPS) is 13.0. The fourth-order valence-electron chi connectivity index (χ4n) is 4.04. The summed E-state index contributed by atoms with van der Waals surface area (Å²) in [5, 5.41) is 0.451. The molecule has 5 rings (SSSR count). The summed E-state index contributed by atoms with van der Waals surface area (Å²) >= 11 is 0. The number of H-pyrrole nitrogens is 1. The predicted molar refractivity (Wildman–Crippen MR) is 126 cm³/mol. The van der Waals surface area contributed by atoms with Crippen LogP contribution in [0, 0.1) is 0 Å². The van der Waals surface area contributed by atoms with Crippen molar-refractivity contribution in [3.8, 4) is 11.5 Å². The molecular weight excluding hydrogens is 404 g/mol. The van der Waals surface area contributed by atoms with Crippen molar-refractivity contribution in [2.45, 2.75) is 6.42 Å². The third kappa shape index (κ3) is 3.47. The third-order valence-electron chi connectivity index (χ3n) is 5.65. The Labute approximate surface area is 185 Å². The Kier molecular flexibility index (Phi) is 5.07. The van der Waals surface area contributed by atoms with Gasteiger partial charge in [-0.25, -0.2) is 4.98 Å². The first-order valence-corrected chi connectivity index (χ1v) is 10.3. The molecule has 7 heteroatoms. The number of methoxy groups -OCH3 is 2. The quantitative estimate of drug-likeness (QED) is 0.515. The van der Waals surface area contributed by atoms with Gasteiger partial charge in [-0.15, -0.1) is 0 Å². The second kappa shape index (κ2) is 8.19. The van der Waals surface area contributed by atoms with E-state index < -0.39 is 0 Å². The number of hydrogen-bond acceptors (Lipinski definition) is 6. The van der Waals surface area contributed by atoms with Crippen LogP contribution in [0.15, 0.2) is 59.5 Å². The van der Waals surface area contributed by atoms with Crippen LogP contribution in [0.4, 0.5) is 11.6 Å². The first-order valence-electron chi connectivity index (χ1n) is 10.3. The lowest BCUT2D eigenvalue weighted by atomic mass is 10.1. The van der Waals surface area contributed by atoms with Crippen LogP contribution in [0.3, 0.4) is 0 Å². The summed E-state index contributed by atoms with van der Waals surface area (Å²) < 4.78 is 10.7. The largest absolute Gasteiger partial charge is 0.497 e. The maximum atomic E-state index is 13.1. The third-order valence-corrected chi connectivity index (χ3v) is 5.65. The molecule has 0 aliphatic carbocycles. The monoisotopic (exact) mass is 426 g/mol. The van der Waals surface area contributed by atoms with Crippen molar-refractivity contribution in [1.82, 2.24) is 15.0 Å². The summed E-state index contributed by atoms with van der Waals surface area (Å²) in [5.41, 5.74) is 4.11. The molecule has 2 aromatic heterocycles. The van der Waals surface area contributed by atoms with Crippen LogP contribution >= 0.6 is 0 Å². The summed E-state index contributed by atoms with van der Waals surface area (Å²) in [7, 11) is 3.22. The Morgan fingerprint density at radius 1 is 1.03 bits per heavy atom. The topological polar surface area (TPSA) is 80.3 Å². The minimum absolute atomic E-state index is 0.219. The minimum Gasteiger partial charge on any atom is -0.497 e. The van der Waals surface area contributed by atoms with Crippen molar-refractivity contribution in [3.05, 3.63) is 81.8 Å². The van der Waals surface area contributed by atoms with Crippen LogP contribution in [-0.2, 0) is 6.42 Å². The van der Waals surface area contributed by atoms with E-state index in [2.05, 4.69) is 21.0 Å². The highest BCUT2D eigenvalue weighted by Gasteiger charge is 2.22. The molecule has 0 saturated carbocycles. The number of nitrogens with one attached hydrogen (secondary N) is 1. The number of para-hydroxylation sites is 1. The number of benzene rings is 2. The fourth-order valence-corrected chi connectivity index (χ4v) is 4.04. The van der Waals surface area contributed by atoms with E-state index in [1.165, 1.54) is 5.56 Å². The summed E-state index contributed by atoms with van der Waals surface area (Å²) in [5.74, 6) is 1.91. The van der Waals surface area contributed by atoms with E-state index in [9.17, 15) is 4.79 Å². The second-order valence-electron chi connectivity index (χ2n) is 7.46. The molecule has 160 valence electrons. The molecule has 7 nitrogen and oxygen atoms in total. The molecule has 3 heterocycles. The van der Waals surface area contributed by atoms with Crippen LogP contribution in [0.25, 0.3) is 23.2 Å². The molecule has 32 heavy (non-hydrogen) atoms. The SMILES string of the molecule is COc1ccc(/C=C/c2ccnc3nc(N4CCc5ccccc54)[nH]c(=O)c23)c(OC)c1. The van der Waals surface area contributed by atoms with Crippen molar-refractivity contribution in [2.24, 2.45) is 0 Å². The van der Waals surface area contributed by atoms with E-state index in [1.807, 2.05) is 53.5 Å². The minimum atomic E-state index is -0.219. The maximum absolute atomic E-state index is 13.1. The molecule has 1 N–H and O–H groups in total. The van der Waals surface area contributed by atoms with Crippen molar-refractivity contribution < 1.29 is 9.47 Å². The Morgan fingerprint density at radius 2 is 1.88 bits per heavy atom. The Hall–Kier alpha value is -4.13. The zero-order chi connectivity index (χ0) is 22.1. The molecule has 0 amide bonds. The van der Waals surface area contributed by atoms with Gasteiger partial charge in [0, 0.05) is 30.1 Å². The van der Waals surface area contributed by atoms with E-state index in [0.717, 1.165) is 29.8 Å². The van der Waals surface area contributed by atoms with Gasteiger partial charge in [0.1, 0.15) is 11.5 Å². The van der Waals surface area contributed by atoms with Crippen LogP contribution < -0.4 is 19.9 Å². The average Bonchev–Trinajstić information content (AvgIpc) is 3.26. The van der Waals surface area contributed by atoms with Gasteiger partial charge < -0.3 is 14.4 Å². The van der Waals surface area contributed by atoms with Crippen LogP contribution in [0.2, 0.25) is 0 Å². The van der Waals surface area contributed by atoms with E-state index in [0.29, 0.717) is 28.5 Å². The highest BCUT2D eigenvalue weighted by Crippen LogP contribution is 2.32. The number of aromatic nitrogens is 3. The van der Waals surface area contributed by atoms with Gasteiger partial charge in [0.05, 0.1) is 19.6 Å². The summed E-state index contributed by atoms with van der Waals surface area (Å²) in [4.78, 5) is 27.1. The number of aromatic amines is 1. The van der Waals surface area contributed by atoms with Gasteiger partial charge in [0.2, 0.25) is 5.95 Å². The van der Waals surface area contributed by atoms with Gasteiger partial charge in [0.15, 0.2) is 5.65 Å². The molecule has 0 unspecified atom stereocenters. The Bertz CT molecular complexity index is 1390. The number of hydrogen-bond donors (Lipinski definition) is 1. The first kappa shape index (κ1) is 19.8. The van der Waals surface area contributed by atoms with Gasteiger partial charge in [-0.05, 0) is 41.8 Å². The zero-order valence-electron chi connectivity index (χ0n) is 17.8. The van der Waals surface area contributed by atoms with Gasteiger partial charge in [0.25, 0.3) is 5.56 Å². The molecule has 4 aromatic rings. The van der Waals surface area contributed by atoms with Crippen LogP contribution in [-0.4, -0.2) is 35.7 Å². The van der Waals surface area contributed by atoms with E-state index in [1.54, 1.807) is 26.5 Å². The van der Waals surface area contributed by atoms with Gasteiger partial charge in [-0.1, -0.05) is 30.4 Å². The number of fused-ring (bicyclic) bond motifs is 2. The van der Waals surface area contributed by atoms with Crippen molar-refractivity contribution >= 4 is 34.8 Å². The zero-order valence-corrected chi connectivity index (χ0v) is 17.8. The van der Waals surface area contributed by atoms with Gasteiger partial charge >= 0.3 is 0 Å². The molecule has 0 spiro atoms. The van der Waals surface area contributed by atoms with Crippen molar-refractivity contribution in [2.75, 3.05) is 25.7 Å². The number of nitrogens with zero attached hydrogens (tertiary/aromatic N) is 3. The number of anilines is 2. The summed E-state index contributed by atoms with van der Waals surface area (Å²) in [6.07, 6.45) is 6.35. The van der Waals surface area contributed by atoms with E-state index in [-0.39, 0.29) is 5.56 Å². The number of ether oxygens (including phenoxy) is 2. The van der Waals surface area contributed by atoms with Crippen LogP contribution in [0.5, 0.6) is 11.5 Å².